The van der Waals surface area contributed by atoms with E-state index >= 15 is 0 Å². The molecular weight excluding hydrogens is 450 g/mol. The summed E-state index contributed by atoms with van der Waals surface area (Å²) in [5.74, 6) is 1.96. The smallest absolute Gasteiger partial charge is 0.224 e. The highest BCUT2D eigenvalue weighted by Crippen LogP contribution is 2.37. The number of fused-ring (bicyclic) bond motifs is 1. The van der Waals surface area contributed by atoms with Gasteiger partial charge in [-0.15, -0.1) is 0 Å². The molecule has 3 aromatic rings. The molecule has 2 saturated carbocycles. The van der Waals surface area contributed by atoms with Crippen molar-refractivity contribution in [3.05, 3.63) is 35.5 Å². The minimum absolute atomic E-state index is 0.262. The van der Waals surface area contributed by atoms with E-state index in [0.717, 1.165) is 80.7 Å². The van der Waals surface area contributed by atoms with E-state index in [1.165, 1.54) is 0 Å². The van der Waals surface area contributed by atoms with Crippen molar-refractivity contribution in [3.8, 4) is 0 Å². The highest BCUT2D eigenvalue weighted by Gasteiger charge is 2.30. The summed E-state index contributed by atoms with van der Waals surface area (Å²) < 4.78 is 2.24. The molecule has 0 bridgehead atoms. The number of hydrogen-bond donors (Lipinski definition) is 4. The van der Waals surface area contributed by atoms with Gasteiger partial charge in [0.05, 0.1) is 11.8 Å². The molecule has 0 aliphatic heterocycles. The molecule has 1 aromatic carbocycles. The first-order valence-electron chi connectivity index (χ1n) is 12.4. The Morgan fingerprint density at radius 2 is 1.91 bits per heavy atom. The van der Waals surface area contributed by atoms with Crippen molar-refractivity contribution in [2.45, 2.75) is 76.0 Å². The standard InChI is InChI=1S/C25H34ClN7O/c1-25(34)11-9-18(10-12-25)29-23-28-15-21-22(32-23)33(20-7-5-16(14-27)6-8-20)24(31-21)30-19-4-2-3-17(26)13-19/h2-4,13,15-16,18,20,34H,5-12,14,27H2,1H3,(H,30,31)(H,28,29,32)/t16-,18?,20+,25?. The van der Waals surface area contributed by atoms with Crippen LogP contribution in [0, 0.1) is 5.92 Å². The van der Waals surface area contributed by atoms with E-state index in [2.05, 4.69) is 20.2 Å². The first-order valence-corrected chi connectivity index (χ1v) is 12.7. The Morgan fingerprint density at radius 1 is 1.15 bits per heavy atom. The average Bonchev–Trinajstić information content (AvgIpc) is 3.17. The van der Waals surface area contributed by atoms with Gasteiger partial charge in [-0.05, 0) is 89.0 Å². The summed E-state index contributed by atoms with van der Waals surface area (Å²) in [6.07, 6.45) is 9.46. The molecule has 9 heteroatoms. The Labute approximate surface area is 205 Å². The molecule has 2 heterocycles. The summed E-state index contributed by atoms with van der Waals surface area (Å²) in [7, 11) is 0. The fourth-order valence-electron chi connectivity index (χ4n) is 5.30. The first-order chi connectivity index (χ1) is 16.4. The maximum Gasteiger partial charge on any atom is 0.224 e. The minimum atomic E-state index is -0.565. The highest BCUT2D eigenvalue weighted by molar-refractivity contribution is 6.30. The molecule has 0 atom stereocenters. The molecule has 0 unspecified atom stereocenters. The number of benzene rings is 1. The summed E-state index contributed by atoms with van der Waals surface area (Å²) >= 11 is 6.22. The molecule has 182 valence electrons. The second-order valence-electron chi connectivity index (χ2n) is 10.2. The van der Waals surface area contributed by atoms with Crippen molar-refractivity contribution in [2.24, 2.45) is 11.7 Å². The van der Waals surface area contributed by atoms with Gasteiger partial charge in [0.15, 0.2) is 5.65 Å². The largest absolute Gasteiger partial charge is 0.390 e. The van der Waals surface area contributed by atoms with Gasteiger partial charge >= 0.3 is 0 Å². The van der Waals surface area contributed by atoms with Crippen LogP contribution < -0.4 is 16.4 Å². The van der Waals surface area contributed by atoms with E-state index < -0.39 is 5.60 Å². The summed E-state index contributed by atoms with van der Waals surface area (Å²) in [6.45, 7) is 2.66. The normalized spacial score (nSPS) is 27.6. The number of anilines is 3. The van der Waals surface area contributed by atoms with Gasteiger partial charge < -0.3 is 21.5 Å². The van der Waals surface area contributed by atoms with Crippen molar-refractivity contribution < 1.29 is 5.11 Å². The summed E-state index contributed by atoms with van der Waals surface area (Å²) in [5, 5.41) is 17.9. The third-order valence-corrected chi connectivity index (χ3v) is 7.66. The molecule has 34 heavy (non-hydrogen) atoms. The second kappa shape index (κ2) is 9.68. The second-order valence-corrected chi connectivity index (χ2v) is 10.6. The number of nitrogens with one attached hydrogen (secondary N) is 2. The van der Waals surface area contributed by atoms with E-state index in [4.69, 9.17) is 27.3 Å². The number of hydrogen-bond acceptors (Lipinski definition) is 7. The predicted molar refractivity (Wildman–Crippen MR) is 137 cm³/mol. The van der Waals surface area contributed by atoms with Crippen LogP contribution in [-0.2, 0) is 0 Å². The number of rotatable bonds is 6. The molecule has 0 radical (unpaired) electrons. The Morgan fingerprint density at radius 3 is 2.62 bits per heavy atom. The van der Waals surface area contributed by atoms with E-state index in [1.807, 2.05) is 31.2 Å². The Balaban J connectivity index is 1.45. The molecule has 8 nitrogen and oxygen atoms in total. The van der Waals surface area contributed by atoms with Crippen LogP contribution in [-0.4, -0.2) is 42.8 Å². The van der Waals surface area contributed by atoms with Crippen LogP contribution in [0.1, 0.15) is 64.3 Å². The van der Waals surface area contributed by atoms with Gasteiger partial charge in [0.2, 0.25) is 11.9 Å². The van der Waals surface area contributed by atoms with Gasteiger partial charge in [0, 0.05) is 22.8 Å². The van der Waals surface area contributed by atoms with Crippen LogP contribution in [0.5, 0.6) is 0 Å². The lowest BCUT2D eigenvalue weighted by atomic mass is 9.84. The number of halogens is 1. The number of nitrogens with two attached hydrogens (primary N) is 1. The Hall–Kier alpha value is -2.42. The predicted octanol–water partition coefficient (Wildman–Crippen LogP) is 5.02. The van der Waals surface area contributed by atoms with Crippen molar-refractivity contribution in [1.82, 2.24) is 19.5 Å². The van der Waals surface area contributed by atoms with Crippen molar-refractivity contribution in [3.63, 3.8) is 0 Å². The zero-order valence-electron chi connectivity index (χ0n) is 19.7. The van der Waals surface area contributed by atoms with Gasteiger partial charge in [-0.3, -0.25) is 4.57 Å². The van der Waals surface area contributed by atoms with Gasteiger partial charge in [0.25, 0.3) is 0 Å². The molecule has 2 aliphatic carbocycles. The zero-order valence-corrected chi connectivity index (χ0v) is 20.4. The van der Waals surface area contributed by atoms with Crippen LogP contribution >= 0.6 is 11.6 Å². The fourth-order valence-corrected chi connectivity index (χ4v) is 5.49. The lowest BCUT2D eigenvalue weighted by Crippen LogP contribution is -2.36. The summed E-state index contributed by atoms with van der Waals surface area (Å²) in [5.41, 5.74) is 7.87. The van der Waals surface area contributed by atoms with Crippen molar-refractivity contribution in [2.75, 3.05) is 17.2 Å². The molecule has 5 rings (SSSR count). The quantitative estimate of drug-likeness (QED) is 0.389. The topological polar surface area (TPSA) is 114 Å². The molecule has 0 saturated heterocycles. The Kier molecular flexibility index (Phi) is 6.64. The van der Waals surface area contributed by atoms with E-state index in [0.29, 0.717) is 22.9 Å². The fraction of sp³-hybridized carbons (Fsp3) is 0.560. The zero-order chi connectivity index (χ0) is 23.7. The first kappa shape index (κ1) is 23.3. The van der Waals surface area contributed by atoms with Gasteiger partial charge in [-0.1, -0.05) is 17.7 Å². The van der Waals surface area contributed by atoms with Crippen LogP contribution in [0.4, 0.5) is 17.6 Å². The maximum atomic E-state index is 10.3. The number of aromatic nitrogens is 4. The number of aliphatic hydroxyl groups is 1. The SMILES string of the molecule is CC1(O)CCC(Nc2ncc3nc(Nc4cccc(Cl)c4)n([C@H]4CC[C@@H](CN)CC4)c3n2)CC1. The van der Waals surface area contributed by atoms with Gasteiger partial charge in [-0.25, -0.2) is 9.97 Å². The average molecular weight is 484 g/mol. The van der Waals surface area contributed by atoms with Crippen LogP contribution in [0.15, 0.2) is 30.5 Å². The summed E-state index contributed by atoms with van der Waals surface area (Å²) in [4.78, 5) is 14.3. The van der Waals surface area contributed by atoms with E-state index in [9.17, 15) is 5.11 Å². The summed E-state index contributed by atoms with van der Waals surface area (Å²) in [6, 6.07) is 8.22. The van der Waals surface area contributed by atoms with E-state index in [-0.39, 0.29) is 6.04 Å². The minimum Gasteiger partial charge on any atom is -0.390 e. The Bertz CT molecular complexity index is 1130. The molecule has 0 spiro atoms. The lowest BCUT2D eigenvalue weighted by Gasteiger charge is -2.33. The van der Waals surface area contributed by atoms with Crippen LogP contribution in [0.2, 0.25) is 5.02 Å². The molecule has 2 fully saturated rings. The van der Waals surface area contributed by atoms with Crippen molar-refractivity contribution in [1.29, 1.82) is 0 Å². The third kappa shape index (κ3) is 5.14. The number of imidazole rings is 1. The van der Waals surface area contributed by atoms with Gasteiger partial charge in [0.1, 0.15) is 5.52 Å². The van der Waals surface area contributed by atoms with E-state index in [1.54, 1.807) is 6.20 Å². The van der Waals surface area contributed by atoms with Gasteiger partial charge in [-0.2, -0.15) is 4.98 Å². The maximum absolute atomic E-state index is 10.3. The monoisotopic (exact) mass is 483 g/mol. The molecule has 2 aromatic heterocycles. The van der Waals surface area contributed by atoms with Crippen molar-refractivity contribution >= 4 is 40.3 Å². The lowest BCUT2D eigenvalue weighted by molar-refractivity contribution is 0.0196. The van der Waals surface area contributed by atoms with Crippen LogP contribution in [0.25, 0.3) is 11.2 Å². The number of nitrogens with zero attached hydrogens (tertiary/aromatic N) is 4. The molecule has 5 N–H and O–H groups in total. The van der Waals surface area contributed by atoms with Crippen LogP contribution in [0.3, 0.4) is 0 Å². The molecular formula is C25H34ClN7O. The highest BCUT2D eigenvalue weighted by atomic mass is 35.5. The molecule has 2 aliphatic rings. The molecule has 0 amide bonds. The third-order valence-electron chi connectivity index (χ3n) is 7.42.